The van der Waals surface area contributed by atoms with E-state index in [0.717, 1.165) is 0 Å². The zero-order valence-electron chi connectivity index (χ0n) is 13.0. The summed E-state index contributed by atoms with van der Waals surface area (Å²) < 4.78 is 0. The average molecular weight is 340 g/mol. The summed E-state index contributed by atoms with van der Waals surface area (Å²) in [5.74, 6) is -1.90. The number of hydrogen-bond donors (Lipinski definition) is 2. The van der Waals surface area contributed by atoms with Crippen molar-refractivity contribution in [2.75, 3.05) is 5.32 Å². The lowest BCUT2D eigenvalue weighted by molar-refractivity contribution is -0.172. The molecular formula is C17H14N3O5. The second kappa shape index (κ2) is 7.33. The predicted octanol–water partition coefficient (Wildman–Crippen LogP) is 1.39. The number of amides is 4. The van der Waals surface area contributed by atoms with Crippen LogP contribution in [0.5, 0.6) is 0 Å². The Labute approximate surface area is 144 Å². The molecule has 1 heterocycles. The van der Waals surface area contributed by atoms with Crippen LogP contribution in [0.15, 0.2) is 24.3 Å². The Kier molecular flexibility index (Phi) is 4.97. The molecule has 127 valence electrons. The van der Waals surface area contributed by atoms with E-state index in [2.05, 4.69) is 10.6 Å². The van der Waals surface area contributed by atoms with Gasteiger partial charge in [-0.2, -0.15) is 0 Å². The fraction of sp³-hybridized carbons (Fsp3) is 0.118. The van der Waals surface area contributed by atoms with Gasteiger partial charge < -0.3 is 15.5 Å². The summed E-state index contributed by atoms with van der Waals surface area (Å²) in [6.07, 6.45) is 7.16. The third-order valence-electron chi connectivity index (χ3n) is 3.48. The van der Waals surface area contributed by atoms with E-state index in [9.17, 15) is 19.2 Å². The number of hydroxylamine groups is 2. The van der Waals surface area contributed by atoms with Crippen molar-refractivity contribution in [3.8, 4) is 0 Å². The van der Waals surface area contributed by atoms with Gasteiger partial charge in [0, 0.05) is 18.5 Å². The number of carbonyl (C=O) groups excluding carboxylic acids is 4. The molecule has 8 heteroatoms. The quantitative estimate of drug-likeness (QED) is 0.806. The summed E-state index contributed by atoms with van der Waals surface area (Å²) in [5, 5.41) is 5.74. The summed E-state index contributed by atoms with van der Waals surface area (Å²) in [5.41, 5.74) is 0.614. The number of benzene rings is 1. The molecule has 2 aliphatic rings. The second-order valence-electron chi connectivity index (χ2n) is 5.29. The third kappa shape index (κ3) is 4.14. The van der Waals surface area contributed by atoms with Gasteiger partial charge in [0.2, 0.25) is 0 Å². The fourth-order valence-electron chi connectivity index (χ4n) is 2.23. The Balaban J connectivity index is 1.54. The minimum absolute atomic E-state index is 0.0352. The van der Waals surface area contributed by atoms with Crippen LogP contribution in [0.25, 0.3) is 0 Å². The lowest BCUT2D eigenvalue weighted by atomic mass is 10.2. The number of urea groups is 1. The fourth-order valence-corrected chi connectivity index (χ4v) is 2.23. The van der Waals surface area contributed by atoms with Crippen LogP contribution in [0.2, 0.25) is 0 Å². The van der Waals surface area contributed by atoms with E-state index in [0.29, 0.717) is 16.8 Å². The molecule has 1 aromatic rings. The highest BCUT2D eigenvalue weighted by Gasteiger charge is 2.33. The second-order valence-corrected chi connectivity index (χ2v) is 5.29. The van der Waals surface area contributed by atoms with Crippen molar-refractivity contribution in [2.45, 2.75) is 12.8 Å². The van der Waals surface area contributed by atoms with Crippen molar-refractivity contribution in [2.24, 2.45) is 0 Å². The molecule has 4 amide bonds. The van der Waals surface area contributed by atoms with Crippen LogP contribution < -0.4 is 10.6 Å². The van der Waals surface area contributed by atoms with E-state index in [1.165, 1.54) is 24.3 Å². The van der Waals surface area contributed by atoms with Crippen LogP contribution >= 0.6 is 0 Å². The lowest BCUT2D eigenvalue weighted by Gasteiger charge is -2.13. The first-order valence-electron chi connectivity index (χ1n) is 7.51. The lowest BCUT2D eigenvalue weighted by Crippen LogP contribution is -2.32. The van der Waals surface area contributed by atoms with Gasteiger partial charge >= 0.3 is 12.0 Å². The van der Waals surface area contributed by atoms with Gasteiger partial charge in [0.15, 0.2) is 0 Å². The summed E-state index contributed by atoms with van der Waals surface area (Å²) in [4.78, 5) is 51.4. The molecule has 3 rings (SSSR count). The largest absolute Gasteiger partial charge is 0.363 e. The number of hydrogen-bond acceptors (Lipinski definition) is 5. The molecule has 2 N–H and O–H groups in total. The Morgan fingerprint density at radius 2 is 1.52 bits per heavy atom. The minimum atomic E-state index is -0.823. The molecule has 5 radical (unpaired) electrons. The standard InChI is InChI=1S/C17H14N3O5/c21-14-9-10-15(22)20(14)25-16(23)11-5-7-13(8-6-11)19-17(24)18-12-3-1-2-4-12/h1-8H,9-10H2,(H2,18,19,24). The highest BCUT2D eigenvalue weighted by atomic mass is 16.7. The maximum Gasteiger partial charge on any atom is 0.363 e. The molecule has 0 spiro atoms. The van der Waals surface area contributed by atoms with E-state index < -0.39 is 23.8 Å². The summed E-state index contributed by atoms with van der Waals surface area (Å²) in [6, 6.07) is 6.10. The van der Waals surface area contributed by atoms with E-state index in [1.807, 2.05) is 0 Å². The number of rotatable bonds is 4. The number of anilines is 1. The smallest absolute Gasteiger partial charge is 0.329 e. The molecule has 25 heavy (non-hydrogen) atoms. The molecule has 2 fully saturated rings. The van der Waals surface area contributed by atoms with Crippen molar-refractivity contribution < 1.29 is 24.0 Å². The van der Waals surface area contributed by atoms with Crippen molar-refractivity contribution in [1.82, 2.24) is 10.4 Å². The zero-order chi connectivity index (χ0) is 17.8. The molecule has 1 aliphatic heterocycles. The van der Waals surface area contributed by atoms with E-state index >= 15 is 0 Å². The van der Waals surface area contributed by atoms with Gasteiger partial charge in [-0.15, -0.1) is 5.06 Å². The van der Waals surface area contributed by atoms with Crippen molar-refractivity contribution >= 4 is 29.5 Å². The van der Waals surface area contributed by atoms with Gasteiger partial charge in [-0.1, -0.05) is 0 Å². The van der Waals surface area contributed by atoms with Crippen LogP contribution in [0, 0.1) is 31.7 Å². The molecular weight excluding hydrogens is 326 g/mol. The van der Waals surface area contributed by atoms with Crippen molar-refractivity contribution in [3.63, 3.8) is 0 Å². The molecule has 0 unspecified atom stereocenters. The first kappa shape index (κ1) is 16.9. The number of nitrogens with one attached hydrogen (secondary N) is 2. The van der Waals surface area contributed by atoms with Gasteiger partial charge in [0.25, 0.3) is 11.8 Å². The van der Waals surface area contributed by atoms with Gasteiger partial charge in [-0.25, -0.2) is 9.59 Å². The molecule has 1 saturated carbocycles. The molecule has 1 aliphatic carbocycles. The number of imide groups is 1. The number of carbonyl (C=O) groups is 4. The van der Waals surface area contributed by atoms with Gasteiger partial charge in [-0.05, 0) is 49.9 Å². The van der Waals surface area contributed by atoms with Gasteiger partial charge in [0.1, 0.15) is 0 Å². The zero-order valence-corrected chi connectivity index (χ0v) is 13.0. The first-order valence-corrected chi connectivity index (χ1v) is 7.51. The third-order valence-corrected chi connectivity index (χ3v) is 3.48. The summed E-state index contributed by atoms with van der Waals surface area (Å²) >= 11 is 0. The maximum absolute atomic E-state index is 12.0. The van der Waals surface area contributed by atoms with Crippen LogP contribution in [0.4, 0.5) is 10.5 Å². The summed E-state index contributed by atoms with van der Waals surface area (Å²) in [6.45, 7) is 0. The highest BCUT2D eigenvalue weighted by molar-refractivity contribution is 6.02. The molecule has 1 saturated heterocycles. The van der Waals surface area contributed by atoms with Crippen molar-refractivity contribution in [3.05, 3.63) is 61.6 Å². The highest BCUT2D eigenvalue weighted by Crippen LogP contribution is 2.20. The summed E-state index contributed by atoms with van der Waals surface area (Å²) in [7, 11) is 0. The monoisotopic (exact) mass is 340 g/mol. The number of nitrogens with zero attached hydrogens (tertiary/aromatic N) is 1. The first-order chi connectivity index (χ1) is 12.0. The average Bonchev–Trinajstić information content (AvgIpc) is 3.20. The molecule has 0 bridgehead atoms. The van der Waals surface area contributed by atoms with Crippen LogP contribution in [0.1, 0.15) is 23.2 Å². The molecule has 0 atom stereocenters. The Hall–Kier alpha value is -2.90. The minimum Gasteiger partial charge on any atom is -0.329 e. The van der Waals surface area contributed by atoms with Gasteiger partial charge in [0.05, 0.1) is 11.6 Å². The SMILES string of the molecule is O=C(N[C]1[CH][CH][CH][CH]1)Nc1ccc(C(=O)ON2C(=O)CCC2=O)cc1. The predicted molar refractivity (Wildman–Crippen MR) is 85.5 cm³/mol. The van der Waals surface area contributed by atoms with E-state index in [4.69, 9.17) is 4.84 Å². The Morgan fingerprint density at radius 1 is 0.920 bits per heavy atom. The van der Waals surface area contributed by atoms with Crippen LogP contribution in [-0.4, -0.2) is 28.9 Å². The van der Waals surface area contributed by atoms with Gasteiger partial charge in [-0.3, -0.25) is 9.59 Å². The van der Waals surface area contributed by atoms with Crippen LogP contribution in [0.3, 0.4) is 0 Å². The normalized spacial score (nSPS) is 17.7. The maximum atomic E-state index is 12.0. The van der Waals surface area contributed by atoms with E-state index in [1.54, 1.807) is 25.7 Å². The molecule has 0 aromatic heterocycles. The molecule has 8 nitrogen and oxygen atoms in total. The van der Waals surface area contributed by atoms with Crippen molar-refractivity contribution in [1.29, 1.82) is 0 Å². The Bertz CT molecular complexity index is 679. The van der Waals surface area contributed by atoms with Crippen LogP contribution in [-0.2, 0) is 14.4 Å². The van der Waals surface area contributed by atoms with E-state index in [-0.39, 0.29) is 18.4 Å². The molecule has 1 aromatic carbocycles. The Morgan fingerprint density at radius 3 is 2.12 bits per heavy atom. The topological polar surface area (TPSA) is 105 Å².